The fourth-order valence-corrected chi connectivity index (χ4v) is 2.84. The summed E-state index contributed by atoms with van der Waals surface area (Å²) >= 11 is 0. The van der Waals surface area contributed by atoms with Gasteiger partial charge in [-0.25, -0.2) is 0 Å². The van der Waals surface area contributed by atoms with Crippen molar-refractivity contribution in [2.45, 2.75) is 24.7 Å². The van der Waals surface area contributed by atoms with Crippen LogP contribution < -0.4 is 11.5 Å². The average Bonchev–Trinajstić information content (AvgIpc) is 2.53. The van der Waals surface area contributed by atoms with Crippen LogP contribution >= 0.6 is 0 Å². The van der Waals surface area contributed by atoms with Gasteiger partial charge in [-0.1, -0.05) is 60.7 Å². The second-order valence-electron chi connectivity index (χ2n) is 5.32. The van der Waals surface area contributed by atoms with Crippen molar-refractivity contribution in [1.82, 2.24) is 0 Å². The van der Waals surface area contributed by atoms with Gasteiger partial charge in [0, 0.05) is 6.42 Å². The molecule has 0 aromatic heterocycles. The monoisotopic (exact) mass is 296 g/mol. The van der Waals surface area contributed by atoms with Gasteiger partial charge in [0.1, 0.15) is 0 Å². The molecule has 0 aliphatic rings. The summed E-state index contributed by atoms with van der Waals surface area (Å²) in [6.45, 7) is 0. The Morgan fingerprint density at radius 3 is 1.64 bits per heavy atom. The molecule has 4 nitrogen and oxygen atoms in total. The summed E-state index contributed by atoms with van der Waals surface area (Å²) in [4.78, 5) is 23.4. The molecule has 2 amide bonds. The third-order valence-corrected chi connectivity index (χ3v) is 3.93. The van der Waals surface area contributed by atoms with Crippen LogP contribution in [0, 0.1) is 0 Å². The minimum atomic E-state index is -0.946. The Kier molecular flexibility index (Phi) is 4.94. The third-order valence-electron chi connectivity index (χ3n) is 3.93. The highest BCUT2D eigenvalue weighted by Crippen LogP contribution is 2.37. The lowest BCUT2D eigenvalue weighted by Crippen LogP contribution is -2.42. The van der Waals surface area contributed by atoms with Crippen molar-refractivity contribution in [2.24, 2.45) is 11.5 Å². The van der Waals surface area contributed by atoms with E-state index >= 15 is 0 Å². The van der Waals surface area contributed by atoms with E-state index in [0.717, 1.165) is 11.1 Å². The van der Waals surface area contributed by atoms with Crippen LogP contribution in [0.2, 0.25) is 0 Å². The van der Waals surface area contributed by atoms with E-state index in [1.54, 1.807) is 0 Å². The molecule has 0 fully saturated rings. The lowest BCUT2D eigenvalue weighted by Gasteiger charge is -2.32. The molecule has 4 heteroatoms. The molecule has 4 N–H and O–H groups in total. The Hall–Kier alpha value is -2.62. The van der Waals surface area contributed by atoms with Gasteiger partial charge in [-0.2, -0.15) is 0 Å². The maximum atomic E-state index is 12.4. The zero-order valence-corrected chi connectivity index (χ0v) is 12.4. The fourth-order valence-electron chi connectivity index (χ4n) is 2.84. The van der Waals surface area contributed by atoms with Crippen molar-refractivity contribution in [3.8, 4) is 0 Å². The molecule has 0 aliphatic carbocycles. The largest absolute Gasteiger partial charge is 0.370 e. The lowest BCUT2D eigenvalue weighted by atomic mass is 9.70. The molecule has 0 spiro atoms. The van der Waals surface area contributed by atoms with Gasteiger partial charge in [-0.15, -0.1) is 0 Å². The molecule has 0 unspecified atom stereocenters. The molecule has 0 bridgehead atoms. The highest BCUT2D eigenvalue weighted by molar-refractivity contribution is 5.90. The van der Waals surface area contributed by atoms with Crippen molar-refractivity contribution < 1.29 is 9.59 Å². The van der Waals surface area contributed by atoms with Crippen molar-refractivity contribution >= 4 is 11.8 Å². The molecule has 0 heterocycles. The van der Waals surface area contributed by atoms with Crippen molar-refractivity contribution in [1.29, 1.82) is 0 Å². The van der Waals surface area contributed by atoms with Crippen LogP contribution in [0.15, 0.2) is 60.7 Å². The summed E-state index contributed by atoms with van der Waals surface area (Å²) in [5, 5.41) is 0. The molecule has 0 aliphatic heterocycles. The van der Waals surface area contributed by atoms with Crippen LogP contribution in [0.3, 0.4) is 0 Å². The standard InChI is InChI=1S/C18H20N2O2/c19-16(21)12-7-13-18(17(20)22,14-8-3-1-4-9-14)15-10-5-2-6-11-15/h1-6,8-11H,7,12-13H2,(H2,19,21)(H2,20,22). The van der Waals surface area contributed by atoms with Crippen molar-refractivity contribution in [3.63, 3.8) is 0 Å². The highest BCUT2D eigenvalue weighted by atomic mass is 16.1. The summed E-state index contributed by atoms with van der Waals surface area (Å²) in [5.74, 6) is -0.797. The van der Waals surface area contributed by atoms with Gasteiger partial charge in [-0.05, 0) is 24.0 Å². The Balaban J connectivity index is 2.50. The molecule has 0 radical (unpaired) electrons. The molecule has 2 aromatic carbocycles. The maximum absolute atomic E-state index is 12.4. The zero-order valence-electron chi connectivity index (χ0n) is 12.4. The van der Waals surface area contributed by atoms with Crippen LogP contribution in [0.5, 0.6) is 0 Å². The third kappa shape index (κ3) is 3.17. The number of carbonyl (C=O) groups excluding carboxylic acids is 2. The van der Waals surface area contributed by atoms with Gasteiger partial charge in [0.15, 0.2) is 0 Å². The van der Waals surface area contributed by atoms with E-state index in [0.29, 0.717) is 12.8 Å². The number of hydrogen-bond donors (Lipinski definition) is 2. The summed E-state index contributed by atoms with van der Waals surface area (Å²) < 4.78 is 0. The minimum absolute atomic E-state index is 0.231. The Labute approximate surface area is 130 Å². The Morgan fingerprint density at radius 2 is 1.27 bits per heavy atom. The average molecular weight is 296 g/mol. The van der Waals surface area contributed by atoms with Crippen LogP contribution in [0.4, 0.5) is 0 Å². The van der Waals surface area contributed by atoms with Crippen molar-refractivity contribution in [3.05, 3.63) is 71.8 Å². The topological polar surface area (TPSA) is 86.2 Å². The van der Waals surface area contributed by atoms with Gasteiger partial charge in [0.2, 0.25) is 11.8 Å². The molecular formula is C18H20N2O2. The summed E-state index contributed by atoms with van der Waals surface area (Å²) in [6.07, 6.45) is 1.18. The van der Waals surface area contributed by atoms with E-state index in [4.69, 9.17) is 11.5 Å². The number of primary amides is 2. The van der Waals surface area contributed by atoms with E-state index in [-0.39, 0.29) is 12.3 Å². The van der Waals surface area contributed by atoms with Crippen LogP contribution in [-0.4, -0.2) is 11.8 Å². The second kappa shape index (κ2) is 6.89. The number of benzene rings is 2. The fraction of sp³-hybridized carbons (Fsp3) is 0.222. The molecule has 22 heavy (non-hydrogen) atoms. The van der Waals surface area contributed by atoms with E-state index in [1.807, 2.05) is 60.7 Å². The van der Waals surface area contributed by atoms with E-state index in [9.17, 15) is 9.59 Å². The van der Waals surface area contributed by atoms with E-state index < -0.39 is 11.3 Å². The van der Waals surface area contributed by atoms with Gasteiger partial charge in [0.05, 0.1) is 5.41 Å². The first-order chi connectivity index (χ1) is 10.6. The Bertz CT molecular complexity index is 599. The normalized spacial score (nSPS) is 11.1. The molecule has 114 valence electrons. The smallest absolute Gasteiger partial charge is 0.232 e. The highest BCUT2D eigenvalue weighted by Gasteiger charge is 2.39. The SMILES string of the molecule is NC(=O)CCCC(C(N)=O)(c1ccccc1)c1ccccc1. The van der Waals surface area contributed by atoms with Crippen LogP contribution in [0.1, 0.15) is 30.4 Å². The zero-order chi connectivity index (χ0) is 16.0. The number of nitrogens with two attached hydrogens (primary N) is 2. The first kappa shape index (κ1) is 15.8. The van der Waals surface area contributed by atoms with Crippen LogP contribution in [-0.2, 0) is 15.0 Å². The molecule has 2 rings (SSSR count). The molecule has 0 atom stereocenters. The number of rotatable bonds is 7. The quantitative estimate of drug-likeness (QED) is 0.820. The molecule has 0 saturated heterocycles. The predicted molar refractivity (Wildman–Crippen MR) is 85.9 cm³/mol. The Morgan fingerprint density at radius 1 is 0.818 bits per heavy atom. The van der Waals surface area contributed by atoms with E-state index in [1.165, 1.54) is 0 Å². The van der Waals surface area contributed by atoms with Gasteiger partial charge >= 0.3 is 0 Å². The van der Waals surface area contributed by atoms with Gasteiger partial charge in [-0.3, -0.25) is 9.59 Å². The maximum Gasteiger partial charge on any atom is 0.232 e. The summed E-state index contributed by atoms with van der Waals surface area (Å²) in [7, 11) is 0. The van der Waals surface area contributed by atoms with Crippen LogP contribution in [0.25, 0.3) is 0 Å². The molecule has 0 saturated carbocycles. The predicted octanol–water partition coefficient (Wildman–Crippen LogP) is 2.11. The number of hydrogen-bond acceptors (Lipinski definition) is 2. The lowest BCUT2D eigenvalue weighted by molar-refractivity contribution is -0.123. The number of amides is 2. The van der Waals surface area contributed by atoms with Gasteiger partial charge < -0.3 is 11.5 Å². The molecular weight excluding hydrogens is 276 g/mol. The van der Waals surface area contributed by atoms with Crippen molar-refractivity contribution in [2.75, 3.05) is 0 Å². The first-order valence-corrected chi connectivity index (χ1v) is 7.26. The van der Waals surface area contributed by atoms with E-state index in [2.05, 4.69) is 0 Å². The summed E-state index contributed by atoms with van der Waals surface area (Å²) in [6, 6.07) is 18.9. The first-order valence-electron chi connectivity index (χ1n) is 7.26. The number of carbonyl (C=O) groups is 2. The van der Waals surface area contributed by atoms with Gasteiger partial charge in [0.25, 0.3) is 0 Å². The summed E-state index contributed by atoms with van der Waals surface area (Å²) in [5.41, 5.74) is 11.7. The second-order valence-corrected chi connectivity index (χ2v) is 5.32. The minimum Gasteiger partial charge on any atom is -0.370 e. The molecule has 2 aromatic rings.